The van der Waals surface area contributed by atoms with Gasteiger partial charge in [0.25, 0.3) is 0 Å². The summed E-state index contributed by atoms with van der Waals surface area (Å²) in [6, 6.07) is 8.49. The summed E-state index contributed by atoms with van der Waals surface area (Å²) in [5.74, 6) is 3.02. The third-order valence-electron chi connectivity index (χ3n) is 7.17. The Morgan fingerprint density at radius 3 is 1.67 bits per heavy atom. The number of benzene rings is 3. The Bertz CT molecular complexity index is 1160. The molecule has 0 bridgehead atoms. The minimum Gasteiger partial charge on any atom is -0.493 e. The zero-order chi connectivity index (χ0) is 21.0. The summed E-state index contributed by atoms with van der Waals surface area (Å²) in [7, 11) is 6.77. The molecule has 5 nitrogen and oxygen atoms in total. The summed E-state index contributed by atoms with van der Waals surface area (Å²) in [5.41, 5.74) is 3.04. The first kappa shape index (κ1) is 19.3. The second kappa shape index (κ2) is 6.95. The Morgan fingerprint density at radius 2 is 1.17 bits per heavy atom. The smallest absolute Gasteiger partial charge is 0.161 e. The summed E-state index contributed by atoms with van der Waals surface area (Å²) >= 11 is 0. The van der Waals surface area contributed by atoms with E-state index in [1.165, 1.54) is 34.7 Å². The van der Waals surface area contributed by atoms with E-state index in [1.807, 2.05) is 0 Å². The average Bonchev–Trinajstić information content (AvgIpc) is 3.16. The van der Waals surface area contributed by atoms with E-state index in [9.17, 15) is 0 Å². The summed E-state index contributed by atoms with van der Waals surface area (Å²) in [5, 5.41) is 4.80. The first-order valence-corrected chi connectivity index (χ1v) is 10.5. The van der Waals surface area contributed by atoms with Crippen molar-refractivity contribution in [1.82, 2.24) is 4.90 Å². The van der Waals surface area contributed by atoms with Crippen molar-refractivity contribution in [3.8, 4) is 23.0 Å². The van der Waals surface area contributed by atoms with Gasteiger partial charge in [0.15, 0.2) is 23.0 Å². The molecule has 0 radical (unpaired) electrons. The van der Waals surface area contributed by atoms with Crippen molar-refractivity contribution in [2.24, 2.45) is 0 Å². The van der Waals surface area contributed by atoms with Crippen LogP contribution in [-0.2, 0) is 13.0 Å². The highest BCUT2D eigenvalue weighted by molar-refractivity contribution is 6.13. The average molecular weight is 408 g/mol. The minimum absolute atomic E-state index is 0.220. The molecule has 2 aliphatic rings. The molecule has 3 aromatic carbocycles. The molecule has 0 saturated carbocycles. The molecule has 0 spiro atoms. The lowest BCUT2D eigenvalue weighted by molar-refractivity contribution is 0.134. The number of nitrogens with zero attached hydrogens (tertiary/aromatic N) is 1. The predicted molar refractivity (Wildman–Crippen MR) is 119 cm³/mol. The highest BCUT2D eigenvalue weighted by atomic mass is 16.5. The topological polar surface area (TPSA) is 40.2 Å². The molecule has 158 valence electrons. The van der Waals surface area contributed by atoms with Crippen LogP contribution >= 0.6 is 0 Å². The molecule has 30 heavy (non-hydrogen) atoms. The fraction of sp³-hybridized carbons (Fsp3) is 0.440. The van der Waals surface area contributed by atoms with E-state index in [2.05, 4.69) is 36.1 Å². The highest BCUT2D eigenvalue weighted by Gasteiger charge is 2.41. The Balaban J connectivity index is 1.91. The third-order valence-corrected chi connectivity index (χ3v) is 7.17. The van der Waals surface area contributed by atoms with Crippen LogP contribution in [0.5, 0.6) is 23.0 Å². The molecule has 2 aliphatic heterocycles. The molecule has 0 amide bonds. The van der Waals surface area contributed by atoms with E-state index in [1.54, 1.807) is 28.4 Å². The quantitative estimate of drug-likeness (QED) is 0.573. The Morgan fingerprint density at radius 1 is 0.700 bits per heavy atom. The van der Waals surface area contributed by atoms with Crippen molar-refractivity contribution < 1.29 is 18.9 Å². The molecule has 0 aromatic heterocycles. The Labute approximate surface area is 177 Å². The van der Waals surface area contributed by atoms with Crippen LogP contribution < -0.4 is 18.9 Å². The number of methoxy groups -OCH3 is 4. The maximum absolute atomic E-state index is 5.66. The maximum Gasteiger partial charge on any atom is 0.161 e. The fourth-order valence-corrected chi connectivity index (χ4v) is 5.53. The molecule has 1 unspecified atom stereocenters. The third kappa shape index (κ3) is 2.64. The zero-order valence-electron chi connectivity index (χ0n) is 18.4. The monoisotopic (exact) mass is 407 g/mol. The number of hydrogen-bond donors (Lipinski definition) is 0. The van der Waals surface area contributed by atoms with Gasteiger partial charge in [-0.1, -0.05) is 0 Å². The summed E-state index contributed by atoms with van der Waals surface area (Å²) < 4.78 is 22.6. The van der Waals surface area contributed by atoms with Crippen LogP contribution in [0.15, 0.2) is 24.3 Å². The van der Waals surface area contributed by atoms with Crippen molar-refractivity contribution in [3.05, 3.63) is 35.4 Å². The van der Waals surface area contributed by atoms with Crippen LogP contribution in [-0.4, -0.2) is 45.4 Å². The number of ether oxygens (including phenoxy) is 4. The summed E-state index contributed by atoms with van der Waals surface area (Å²) in [4.78, 5) is 2.65. The molecule has 0 aliphatic carbocycles. The summed E-state index contributed by atoms with van der Waals surface area (Å²) in [6.07, 6.45) is 3.54. The SMILES string of the molecule is COc1cc2c3c(c4cc(OC)c(OC)cc4c2cc1OC)CC1(C)CCCN1C3. The van der Waals surface area contributed by atoms with Gasteiger partial charge in [-0.3, -0.25) is 4.90 Å². The van der Waals surface area contributed by atoms with E-state index in [-0.39, 0.29) is 5.54 Å². The first-order chi connectivity index (χ1) is 14.5. The van der Waals surface area contributed by atoms with Crippen molar-refractivity contribution >= 4 is 21.5 Å². The van der Waals surface area contributed by atoms with E-state index in [0.717, 1.165) is 53.3 Å². The zero-order valence-corrected chi connectivity index (χ0v) is 18.4. The lowest BCUT2D eigenvalue weighted by Gasteiger charge is -2.41. The van der Waals surface area contributed by atoms with Gasteiger partial charge in [-0.15, -0.1) is 0 Å². The lowest BCUT2D eigenvalue weighted by Crippen LogP contribution is -2.46. The van der Waals surface area contributed by atoms with Crippen LogP contribution in [0, 0.1) is 0 Å². The molecule has 0 N–H and O–H groups in total. The van der Waals surface area contributed by atoms with Gasteiger partial charge >= 0.3 is 0 Å². The van der Waals surface area contributed by atoms with E-state index < -0.39 is 0 Å². The van der Waals surface area contributed by atoms with Crippen LogP contribution in [0.4, 0.5) is 0 Å². The van der Waals surface area contributed by atoms with Crippen molar-refractivity contribution in [2.45, 2.75) is 38.3 Å². The van der Waals surface area contributed by atoms with Crippen LogP contribution in [0.3, 0.4) is 0 Å². The number of rotatable bonds is 4. The van der Waals surface area contributed by atoms with Gasteiger partial charge < -0.3 is 18.9 Å². The van der Waals surface area contributed by atoms with Gasteiger partial charge in [-0.05, 0) is 89.7 Å². The molecular weight excluding hydrogens is 378 g/mol. The van der Waals surface area contributed by atoms with Gasteiger partial charge in [0.05, 0.1) is 28.4 Å². The summed E-state index contributed by atoms with van der Waals surface area (Å²) in [6.45, 7) is 4.53. The fourth-order valence-electron chi connectivity index (χ4n) is 5.53. The van der Waals surface area contributed by atoms with Crippen LogP contribution in [0.2, 0.25) is 0 Å². The molecule has 3 aromatic rings. The molecular formula is C25H29NO4. The second-order valence-electron chi connectivity index (χ2n) is 8.66. The van der Waals surface area contributed by atoms with Crippen LogP contribution in [0.1, 0.15) is 30.9 Å². The molecule has 1 atom stereocenters. The van der Waals surface area contributed by atoms with Gasteiger partial charge in [0.2, 0.25) is 0 Å². The molecule has 1 saturated heterocycles. The predicted octanol–water partition coefficient (Wildman–Crippen LogP) is 4.94. The molecule has 5 heteroatoms. The number of hydrogen-bond acceptors (Lipinski definition) is 5. The van der Waals surface area contributed by atoms with E-state index in [0.29, 0.717) is 0 Å². The Kier molecular flexibility index (Phi) is 4.47. The lowest BCUT2D eigenvalue weighted by atomic mass is 9.79. The molecule has 5 rings (SSSR count). The van der Waals surface area contributed by atoms with E-state index >= 15 is 0 Å². The first-order valence-electron chi connectivity index (χ1n) is 10.5. The van der Waals surface area contributed by atoms with Gasteiger partial charge in [0, 0.05) is 12.1 Å². The van der Waals surface area contributed by atoms with Crippen molar-refractivity contribution in [2.75, 3.05) is 35.0 Å². The van der Waals surface area contributed by atoms with E-state index in [4.69, 9.17) is 18.9 Å². The van der Waals surface area contributed by atoms with Gasteiger partial charge in [0.1, 0.15) is 0 Å². The van der Waals surface area contributed by atoms with Crippen LogP contribution in [0.25, 0.3) is 21.5 Å². The highest BCUT2D eigenvalue weighted by Crippen LogP contribution is 2.48. The van der Waals surface area contributed by atoms with Crippen molar-refractivity contribution in [1.29, 1.82) is 0 Å². The van der Waals surface area contributed by atoms with Crippen molar-refractivity contribution in [3.63, 3.8) is 0 Å². The molecule has 2 heterocycles. The van der Waals surface area contributed by atoms with Gasteiger partial charge in [-0.2, -0.15) is 0 Å². The molecule has 1 fully saturated rings. The normalized spacial score (nSPS) is 20.8. The maximum atomic E-state index is 5.66. The Hall–Kier alpha value is -2.66. The largest absolute Gasteiger partial charge is 0.493 e. The second-order valence-corrected chi connectivity index (χ2v) is 8.66. The minimum atomic E-state index is 0.220. The standard InChI is InChI=1S/C25H29NO4/c1-25-7-6-8-26(25)14-20-18-12-24(30-5)22(28-3)10-16(18)15-9-21(27-2)23(29-4)11-17(15)19(20)13-25/h9-12H,6-8,13-14H2,1-5H3. The van der Waals surface area contributed by atoms with Gasteiger partial charge in [-0.25, -0.2) is 0 Å². The number of fused-ring (bicyclic) bond motifs is 7.